The highest BCUT2D eigenvalue weighted by Crippen LogP contribution is 2.37. The fraction of sp³-hybridized carbons (Fsp3) is 0.269. The number of hydrogen-bond acceptors (Lipinski definition) is 5. The molecule has 0 saturated heterocycles. The summed E-state index contributed by atoms with van der Waals surface area (Å²) < 4.78 is 33.5. The molecule has 168 valence electrons. The van der Waals surface area contributed by atoms with Crippen molar-refractivity contribution in [2.75, 3.05) is 12.4 Å². The molecule has 0 aliphatic heterocycles. The predicted octanol–water partition coefficient (Wildman–Crippen LogP) is 6.39. The molecule has 0 radical (unpaired) electrons. The zero-order valence-electron chi connectivity index (χ0n) is 18.3. The summed E-state index contributed by atoms with van der Waals surface area (Å²) in [6.45, 7) is 0. The molecule has 1 aliphatic rings. The van der Waals surface area contributed by atoms with E-state index in [4.69, 9.17) is 14.7 Å². The van der Waals surface area contributed by atoms with Crippen molar-refractivity contribution in [3.63, 3.8) is 0 Å². The summed E-state index contributed by atoms with van der Waals surface area (Å²) in [4.78, 5) is 13.8. The van der Waals surface area contributed by atoms with Crippen molar-refractivity contribution in [2.45, 2.75) is 38.1 Å². The Labute approximate surface area is 190 Å². The number of anilines is 1. The molecule has 1 N–H and O–H groups in total. The van der Waals surface area contributed by atoms with Gasteiger partial charge in [0.2, 0.25) is 0 Å². The van der Waals surface area contributed by atoms with Crippen LogP contribution in [0.3, 0.4) is 0 Å². The smallest absolute Gasteiger partial charge is 0.163 e. The van der Waals surface area contributed by atoms with Gasteiger partial charge < -0.3 is 10.1 Å². The fourth-order valence-corrected chi connectivity index (χ4v) is 4.42. The molecule has 2 heterocycles. The van der Waals surface area contributed by atoms with E-state index >= 15 is 0 Å². The van der Waals surface area contributed by atoms with Gasteiger partial charge in [0.15, 0.2) is 5.82 Å². The van der Waals surface area contributed by atoms with E-state index in [1.165, 1.54) is 31.4 Å². The molecule has 33 heavy (non-hydrogen) atoms. The van der Waals surface area contributed by atoms with E-state index in [0.29, 0.717) is 40.1 Å². The van der Waals surface area contributed by atoms with E-state index in [1.54, 1.807) is 25.6 Å². The van der Waals surface area contributed by atoms with E-state index in [1.807, 2.05) is 18.2 Å². The first-order valence-corrected chi connectivity index (χ1v) is 11.1. The summed E-state index contributed by atoms with van der Waals surface area (Å²) in [5.41, 5.74) is 2.48. The Hall–Kier alpha value is -3.61. The zero-order chi connectivity index (χ0) is 22.8. The average molecular weight is 447 g/mol. The van der Waals surface area contributed by atoms with Gasteiger partial charge in [0.05, 0.1) is 7.11 Å². The number of nitrogens with zero attached hydrogens (tertiary/aromatic N) is 3. The van der Waals surface area contributed by atoms with Gasteiger partial charge in [-0.1, -0.05) is 19.3 Å². The highest BCUT2D eigenvalue weighted by atomic mass is 19.1. The molecule has 4 aromatic rings. The van der Waals surface area contributed by atoms with Crippen LogP contribution < -0.4 is 10.1 Å². The van der Waals surface area contributed by atoms with Crippen LogP contribution in [0.15, 0.2) is 54.9 Å². The summed E-state index contributed by atoms with van der Waals surface area (Å²) in [5.74, 6) is 0.464. The van der Waals surface area contributed by atoms with Gasteiger partial charge in [0.1, 0.15) is 28.7 Å². The van der Waals surface area contributed by atoms with E-state index in [2.05, 4.69) is 10.3 Å². The van der Waals surface area contributed by atoms with Crippen LogP contribution in [0.1, 0.15) is 32.1 Å². The molecule has 0 bridgehead atoms. The summed E-state index contributed by atoms with van der Waals surface area (Å²) in [5, 5.41) is 4.35. The van der Waals surface area contributed by atoms with Gasteiger partial charge in [-0.15, -0.1) is 0 Å². The number of fused-ring (bicyclic) bond motifs is 1. The van der Waals surface area contributed by atoms with Gasteiger partial charge in [0, 0.05) is 35.5 Å². The lowest BCUT2D eigenvalue weighted by Crippen LogP contribution is -2.23. The van der Waals surface area contributed by atoms with Crippen LogP contribution in [0.4, 0.5) is 14.6 Å². The molecular formula is C26H24F2N4O. The Bertz CT molecular complexity index is 1270. The number of hydrogen-bond donors (Lipinski definition) is 1. The minimum Gasteiger partial charge on any atom is -0.494 e. The fourth-order valence-electron chi connectivity index (χ4n) is 4.42. The van der Waals surface area contributed by atoms with Crippen LogP contribution in [0, 0.1) is 11.6 Å². The first-order chi connectivity index (χ1) is 16.1. The Morgan fingerprint density at radius 2 is 1.67 bits per heavy atom. The topological polar surface area (TPSA) is 59.9 Å². The molecule has 0 amide bonds. The van der Waals surface area contributed by atoms with Crippen molar-refractivity contribution in [2.24, 2.45) is 0 Å². The number of rotatable bonds is 5. The molecule has 2 aromatic carbocycles. The van der Waals surface area contributed by atoms with Gasteiger partial charge in [-0.3, -0.25) is 4.98 Å². The van der Waals surface area contributed by atoms with Crippen molar-refractivity contribution in [1.82, 2.24) is 15.0 Å². The van der Waals surface area contributed by atoms with Gasteiger partial charge >= 0.3 is 0 Å². The normalized spacial score (nSPS) is 14.4. The third kappa shape index (κ3) is 4.49. The van der Waals surface area contributed by atoms with Crippen molar-refractivity contribution < 1.29 is 13.5 Å². The first-order valence-electron chi connectivity index (χ1n) is 11.1. The van der Waals surface area contributed by atoms with Gasteiger partial charge in [-0.05, 0) is 60.4 Å². The Morgan fingerprint density at radius 3 is 2.36 bits per heavy atom. The first kappa shape index (κ1) is 21.2. The lowest BCUT2D eigenvalue weighted by molar-refractivity contribution is 0.419. The third-order valence-electron chi connectivity index (χ3n) is 6.05. The van der Waals surface area contributed by atoms with Crippen molar-refractivity contribution >= 4 is 16.7 Å². The second-order valence-corrected chi connectivity index (χ2v) is 8.35. The maximum atomic E-state index is 13.9. The second-order valence-electron chi connectivity index (χ2n) is 8.35. The molecule has 1 saturated carbocycles. The van der Waals surface area contributed by atoms with Gasteiger partial charge in [0.25, 0.3) is 0 Å². The minimum atomic E-state index is -0.632. The van der Waals surface area contributed by atoms with Crippen LogP contribution in [-0.2, 0) is 0 Å². The highest BCUT2D eigenvalue weighted by Gasteiger charge is 2.20. The molecule has 5 nitrogen and oxygen atoms in total. The molecule has 0 unspecified atom stereocenters. The maximum absolute atomic E-state index is 13.9. The molecule has 0 atom stereocenters. The molecule has 5 rings (SSSR count). The van der Waals surface area contributed by atoms with E-state index in [9.17, 15) is 8.78 Å². The summed E-state index contributed by atoms with van der Waals surface area (Å²) in [7, 11) is 1.56. The lowest BCUT2D eigenvalue weighted by Gasteiger charge is -2.24. The monoisotopic (exact) mass is 446 g/mol. The second kappa shape index (κ2) is 9.10. The summed E-state index contributed by atoms with van der Waals surface area (Å²) in [6, 6.07) is 11.2. The van der Waals surface area contributed by atoms with E-state index in [-0.39, 0.29) is 0 Å². The molecule has 2 aromatic heterocycles. The molecule has 7 heteroatoms. The minimum absolute atomic E-state index is 0.305. The lowest BCUT2D eigenvalue weighted by atomic mass is 9.95. The number of pyridine rings is 1. The maximum Gasteiger partial charge on any atom is 0.163 e. The SMILES string of the molecule is COc1cc(-c2cc(F)cc(F)c2)cc2c(NC3CCCCC3)nc(-c3cccnc3)nc12. The van der Waals surface area contributed by atoms with Crippen molar-refractivity contribution in [1.29, 1.82) is 0 Å². The number of nitrogens with one attached hydrogen (secondary N) is 1. The molecule has 1 fully saturated rings. The number of ether oxygens (including phenoxy) is 1. The Kier molecular flexibility index (Phi) is 5.86. The van der Waals surface area contributed by atoms with Gasteiger partial charge in [-0.2, -0.15) is 0 Å². The quantitative estimate of drug-likeness (QED) is 0.385. The van der Waals surface area contributed by atoms with Crippen LogP contribution in [0.2, 0.25) is 0 Å². The number of aromatic nitrogens is 3. The molecular weight excluding hydrogens is 422 g/mol. The zero-order valence-corrected chi connectivity index (χ0v) is 18.3. The Morgan fingerprint density at radius 1 is 0.909 bits per heavy atom. The van der Waals surface area contributed by atoms with E-state index < -0.39 is 11.6 Å². The molecule has 1 aliphatic carbocycles. The number of benzene rings is 2. The van der Waals surface area contributed by atoms with Gasteiger partial charge in [-0.25, -0.2) is 18.7 Å². The van der Waals surface area contributed by atoms with Crippen LogP contribution in [-0.4, -0.2) is 28.1 Å². The van der Waals surface area contributed by atoms with Crippen LogP contribution >= 0.6 is 0 Å². The predicted molar refractivity (Wildman–Crippen MR) is 125 cm³/mol. The standard InChI is InChI=1S/C26H24F2N4O/c1-33-23-13-18(17-10-19(27)14-20(28)11-17)12-22-24(23)31-25(16-6-5-9-29-15-16)32-26(22)30-21-7-3-2-4-8-21/h5-6,9-15,21H,2-4,7-8H2,1H3,(H,30,31,32). The average Bonchev–Trinajstić information content (AvgIpc) is 2.84. The van der Waals surface area contributed by atoms with Crippen LogP contribution in [0.5, 0.6) is 5.75 Å². The largest absolute Gasteiger partial charge is 0.494 e. The summed E-state index contributed by atoms with van der Waals surface area (Å²) >= 11 is 0. The Balaban J connectivity index is 1.71. The summed E-state index contributed by atoms with van der Waals surface area (Å²) in [6.07, 6.45) is 9.16. The number of halogens is 2. The van der Waals surface area contributed by atoms with Crippen molar-refractivity contribution in [3.8, 4) is 28.3 Å². The highest BCUT2D eigenvalue weighted by molar-refractivity contribution is 5.98. The van der Waals surface area contributed by atoms with Crippen molar-refractivity contribution in [3.05, 3.63) is 66.5 Å². The van der Waals surface area contributed by atoms with Crippen LogP contribution in [0.25, 0.3) is 33.4 Å². The number of methoxy groups -OCH3 is 1. The van der Waals surface area contributed by atoms with E-state index in [0.717, 1.165) is 29.9 Å². The molecule has 0 spiro atoms. The third-order valence-corrected chi connectivity index (χ3v) is 6.05.